The van der Waals surface area contributed by atoms with Gasteiger partial charge in [-0.2, -0.15) is 0 Å². The topological polar surface area (TPSA) is 129 Å². The summed E-state index contributed by atoms with van der Waals surface area (Å²) in [6, 6.07) is -0.921. The van der Waals surface area contributed by atoms with Gasteiger partial charge in [-0.15, -0.1) is 11.3 Å². The maximum Gasteiger partial charge on any atom is 0.426 e. The highest BCUT2D eigenvalue weighted by Crippen LogP contribution is 2.34. The molecule has 0 aliphatic heterocycles. The first kappa shape index (κ1) is 22.9. The second-order valence-electron chi connectivity index (χ2n) is 8.71. The molecular formula is C20H29N5O5S. The van der Waals surface area contributed by atoms with Crippen molar-refractivity contribution >= 4 is 33.7 Å². The highest BCUT2D eigenvalue weighted by Gasteiger charge is 2.31. The standard InChI is InChI=1S/C20H29N5O5S/c1-6-9-23-16-14(15(26)25(19(23)29)12-7-8-12)11(2)13(31-16)10-24(17(21)27)22-18(28)30-20(3,4)5/h12H,6-10H2,1-5H3,(H2,21,27)(H,22,28). The number of carbonyl (C=O) groups is 2. The quantitative estimate of drug-likeness (QED) is 0.675. The van der Waals surface area contributed by atoms with Crippen LogP contribution in [0.2, 0.25) is 0 Å². The number of rotatable bonds is 5. The first-order valence-corrected chi connectivity index (χ1v) is 11.1. The summed E-state index contributed by atoms with van der Waals surface area (Å²) in [6.45, 7) is 9.28. The van der Waals surface area contributed by atoms with E-state index in [1.165, 1.54) is 15.9 Å². The van der Waals surface area contributed by atoms with E-state index in [0.717, 1.165) is 24.3 Å². The van der Waals surface area contributed by atoms with E-state index in [0.29, 0.717) is 27.2 Å². The molecule has 1 saturated carbocycles. The number of carbonyl (C=O) groups excluding carboxylic acids is 2. The fourth-order valence-corrected chi connectivity index (χ4v) is 4.67. The highest BCUT2D eigenvalue weighted by atomic mass is 32.1. The lowest BCUT2D eigenvalue weighted by atomic mass is 10.2. The van der Waals surface area contributed by atoms with Crippen LogP contribution in [0.25, 0.3) is 10.2 Å². The van der Waals surface area contributed by atoms with E-state index in [-0.39, 0.29) is 23.8 Å². The number of urea groups is 1. The number of fused-ring (bicyclic) bond motifs is 1. The summed E-state index contributed by atoms with van der Waals surface area (Å²) in [6.07, 6.45) is 1.55. The molecule has 2 heterocycles. The van der Waals surface area contributed by atoms with Crippen LogP contribution in [-0.2, 0) is 17.8 Å². The monoisotopic (exact) mass is 451 g/mol. The van der Waals surface area contributed by atoms with Crippen LogP contribution in [-0.4, -0.2) is 31.9 Å². The van der Waals surface area contributed by atoms with Crippen LogP contribution in [0.1, 0.15) is 63.4 Å². The lowest BCUT2D eigenvalue weighted by molar-refractivity contribution is 0.0376. The van der Waals surface area contributed by atoms with Crippen LogP contribution in [0.3, 0.4) is 0 Å². The number of hydrogen-bond donors (Lipinski definition) is 2. The van der Waals surface area contributed by atoms with Crippen molar-refractivity contribution in [2.24, 2.45) is 5.73 Å². The number of nitrogens with one attached hydrogen (secondary N) is 1. The maximum atomic E-state index is 13.1. The molecule has 11 heteroatoms. The summed E-state index contributed by atoms with van der Waals surface area (Å²) in [5.41, 5.74) is 7.12. The second kappa shape index (κ2) is 8.37. The van der Waals surface area contributed by atoms with Gasteiger partial charge in [-0.25, -0.2) is 24.8 Å². The Balaban J connectivity index is 2.03. The van der Waals surface area contributed by atoms with Crippen molar-refractivity contribution in [2.45, 2.75) is 78.6 Å². The average Bonchev–Trinajstić information content (AvgIpc) is 3.41. The zero-order chi connectivity index (χ0) is 23.1. The Morgan fingerprint density at radius 3 is 2.45 bits per heavy atom. The zero-order valence-corrected chi connectivity index (χ0v) is 19.3. The van der Waals surface area contributed by atoms with Crippen LogP contribution in [0.15, 0.2) is 9.59 Å². The van der Waals surface area contributed by atoms with Gasteiger partial charge in [-0.05, 0) is 52.5 Å². The number of aromatic nitrogens is 2. The minimum atomic E-state index is -0.871. The van der Waals surface area contributed by atoms with Gasteiger partial charge in [0.15, 0.2) is 0 Å². The molecule has 0 aromatic carbocycles. The fraction of sp³-hybridized carbons (Fsp3) is 0.600. The summed E-state index contributed by atoms with van der Waals surface area (Å²) in [5, 5.41) is 1.41. The van der Waals surface area contributed by atoms with Crippen LogP contribution >= 0.6 is 11.3 Å². The number of aryl methyl sites for hydroxylation is 2. The van der Waals surface area contributed by atoms with Crippen LogP contribution in [0, 0.1) is 6.92 Å². The SMILES string of the molecule is CCCn1c(=O)n(C2CC2)c(=O)c2c(C)c(CN(NC(=O)OC(C)(C)C)C(N)=O)sc21. The number of amides is 3. The molecule has 2 aromatic rings. The summed E-state index contributed by atoms with van der Waals surface area (Å²) in [4.78, 5) is 51.4. The van der Waals surface area contributed by atoms with Gasteiger partial charge in [0.25, 0.3) is 5.56 Å². The fourth-order valence-electron chi connectivity index (χ4n) is 3.36. The van der Waals surface area contributed by atoms with Crippen LogP contribution in [0.5, 0.6) is 0 Å². The van der Waals surface area contributed by atoms with Crippen molar-refractivity contribution in [2.75, 3.05) is 0 Å². The second-order valence-corrected chi connectivity index (χ2v) is 9.79. The summed E-state index contributed by atoms with van der Waals surface area (Å²) in [7, 11) is 0. The van der Waals surface area contributed by atoms with Crippen molar-refractivity contribution in [3.8, 4) is 0 Å². The zero-order valence-electron chi connectivity index (χ0n) is 18.5. The Kier molecular flexibility index (Phi) is 6.17. The van der Waals surface area contributed by atoms with Crippen molar-refractivity contribution in [1.82, 2.24) is 19.6 Å². The molecule has 1 fully saturated rings. The molecule has 1 aliphatic rings. The average molecular weight is 452 g/mol. The maximum absolute atomic E-state index is 13.1. The van der Waals surface area contributed by atoms with Crippen molar-refractivity contribution in [3.05, 3.63) is 31.3 Å². The van der Waals surface area contributed by atoms with E-state index in [4.69, 9.17) is 10.5 Å². The predicted molar refractivity (Wildman–Crippen MR) is 118 cm³/mol. The lowest BCUT2D eigenvalue weighted by Crippen LogP contribution is -2.49. The van der Waals surface area contributed by atoms with Gasteiger partial charge in [0.1, 0.15) is 10.4 Å². The first-order valence-electron chi connectivity index (χ1n) is 10.3. The van der Waals surface area contributed by atoms with Crippen molar-refractivity contribution in [3.63, 3.8) is 0 Å². The molecule has 3 N–H and O–H groups in total. The third-order valence-electron chi connectivity index (χ3n) is 4.89. The van der Waals surface area contributed by atoms with Crippen LogP contribution in [0.4, 0.5) is 9.59 Å². The van der Waals surface area contributed by atoms with E-state index in [1.807, 2.05) is 6.92 Å². The van der Waals surface area contributed by atoms with Crippen molar-refractivity contribution < 1.29 is 14.3 Å². The van der Waals surface area contributed by atoms with Crippen LogP contribution < -0.4 is 22.4 Å². The molecule has 3 rings (SSSR count). The minimum Gasteiger partial charge on any atom is -0.443 e. The number of ether oxygens (including phenoxy) is 1. The molecule has 0 bridgehead atoms. The number of hydrazine groups is 1. The molecule has 0 spiro atoms. The smallest absolute Gasteiger partial charge is 0.426 e. The molecule has 1 aliphatic carbocycles. The highest BCUT2D eigenvalue weighted by molar-refractivity contribution is 7.18. The Bertz CT molecular complexity index is 1140. The third-order valence-corrected chi connectivity index (χ3v) is 6.19. The number of hydrogen-bond acceptors (Lipinski definition) is 6. The number of nitrogens with zero attached hydrogens (tertiary/aromatic N) is 3. The molecule has 31 heavy (non-hydrogen) atoms. The number of thiophene rings is 1. The molecular weight excluding hydrogens is 422 g/mol. The molecule has 3 amide bonds. The normalized spacial score (nSPS) is 14.0. The Morgan fingerprint density at radius 1 is 1.29 bits per heavy atom. The van der Waals surface area contributed by atoms with E-state index >= 15 is 0 Å². The predicted octanol–water partition coefficient (Wildman–Crippen LogP) is 2.60. The molecule has 0 atom stereocenters. The van der Waals surface area contributed by atoms with E-state index < -0.39 is 17.7 Å². The number of nitrogens with two attached hydrogens (primary N) is 1. The van der Waals surface area contributed by atoms with E-state index in [9.17, 15) is 19.2 Å². The van der Waals surface area contributed by atoms with E-state index in [2.05, 4.69) is 5.43 Å². The van der Waals surface area contributed by atoms with Gasteiger partial charge >= 0.3 is 17.8 Å². The minimum absolute atomic E-state index is 0.0498. The molecule has 0 radical (unpaired) electrons. The summed E-state index contributed by atoms with van der Waals surface area (Å²) in [5.74, 6) is 0. The third kappa shape index (κ3) is 4.76. The summed E-state index contributed by atoms with van der Waals surface area (Å²) >= 11 is 1.25. The van der Waals surface area contributed by atoms with Gasteiger partial charge in [0.2, 0.25) is 0 Å². The molecule has 170 valence electrons. The Morgan fingerprint density at radius 2 is 1.94 bits per heavy atom. The van der Waals surface area contributed by atoms with Crippen molar-refractivity contribution in [1.29, 1.82) is 0 Å². The van der Waals surface area contributed by atoms with Gasteiger partial charge < -0.3 is 10.5 Å². The van der Waals surface area contributed by atoms with E-state index in [1.54, 1.807) is 32.3 Å². The number of primary amides is 1. The Hall–Kier alpha value is -2.82. The molecule has 2 aromatic heterocycles. The lowest BCUT2D eigenvalue weighted by Gasteiger charge is -2.24. The van der Waals surface area contributed by atoms with Gasteiger partial charge in [-0.1, -0.05) is 6.92 Å². The first-order chi connectivity index (χ1) is 14.4. The molecule has 0 saturated heterocycles. The largest absolute Gasteiger partial charge is 0.443 e. The summed E-state index contributed by atoms with van der Waals surface area (Å²) < 4.78 is 8.17. The van der Waals surface area contributed by atoms with Gasteiger partial charge in [0.05, 0.1) is 11.9 Å². The molecule has 0 unspecified atom stereocenters. The molecule has 10 nitrogen and oxygen atoms in total. The van der Waals surface area contributed by atoms with Gasteiger partial charge in [-0.3, -0.25) is 13.9 Å². The Labute approximate surface area is 183 Å². The van der Waals surface area contributed by atoms with Gasteiger partial charge in [0, 0.05) is 17.5 Å².